The van der Waals surface area contributed by atoms with Crippen LogP contribution in [0, 0.1) is 34.5 Å². The van der Waals surface area contributed by atoms with Crippen molar-refractivity contribution in [3.8, 4) is 0 Å². The summed E-state index contributed by atoms with van der Waals surface area (Å²) in [6, 6.07) is 0. The number of rotatable bonds is 0. The van der Waals surface area contributed by atoms with Crippen molar-refractivity contribution in [2.45, 2.75) is 103 Å². The molecule has 2 nitrogen and oxygen atoms in total. The molecule has 5 rings (SSSR count). The van der Waals surface area contributed by atoms with Gasteiger partial charge < -0.3 is 4.74 Å². The first-order valence-corrected chi connectivity index (χ1v) is 11.2. The molecule has 1 heterocycles. The van der Waals surface area contributed by atoms with Gasteiger partial charge in [-0.25, -0.2) is 0 Å². The summed E-state index contributed by atoms with van der Waals surface area (Å²) in [6.45, 7) is 10.8. The third-order valence-electron chi connectivity index (χ3n) is 10.1. The second-order valence-corrected chi connectivity index (χ2v) is 11.4. The molecule has 0 bridgehead atoms. The summed E-state index contributed by atoms with van der Waals surface area (Å²) in [7, 11) is 0. The van der Waals surface area contributed by atoms with E-state index in [9.17, 15) is 0 Å². The normalized spacial score (nSPS) is 57.1. The van der Waals surface area contributed by atoms with E-state index in [1.807, 2.05) is 0 Å². The molecule has 5 aliphatic rings. The summed E-state index contributed by atoms with van der Waals surface area (Å²) >= 11 is 0. The molecule has 0 amide bonds. The highest BCUT2D eigenvalue weighted by atomic mass is 16.6. The Kier molecular flexibility index (Phi) is 3.58. The number of hydrogen-bond acceptors (Lipinski definition) is 2. The van der Waals surface area contributed by atoms with Gasteiger partial charge in [-0.05, 0) is 94.3 Å². The zero-order valence-corrected chi connectivity index (χ0v) is 17.0. The van der Waals surface area contributed by atoms with Gasteiger partial charge in [-0.2, -0.15) is 0 Å². The van der Waals surface area contributed by atoms with Crippen molar-refractivity contribution in [2.75, 3.05) is 6.54 Å². The Morgan fingerprint density at radius 2 is 1.60 bits per heavy atom. The van der Waals surface area contributed by atoms with E-state index in [0.717, 1.165) is 30.2 Å². The van der Waals surface area contributed by atoms with Crippen molar-refractivity contribution in [3.63, 3.8) is 0 Å². The fourth-order valence-electron chi connectivity index (χ4n) is 8.76. The van der Waals surface area contributed by atoms with Crippen LogP contribution in [0.5, 0.6) is 0 Å². The lowest BCUT2D eigenvalue weighted by Gasteiger charge is -2.61. The number of nitrogens with one attached hydrogen (secondary N) is 1. The summed E-state index contributed by atoms with van der Waals surface area (Å²) < 4.78 is 6.77. The molecule has 142 valence electrons. The maximum atomic E-state index is 6.77. The fourth-order valence-corrected chi connectivity index (χ4v) is 8.76. The molecule has 1 N–H and O–H groups in total. The van der Waals surface area contributed by atoms with E-state index in [0.29, 0.717) is 10.8 Å². The quantitative estimate of drug-likeness (QED) is 0.624. The number of ether oxygens (including phenoxy) is 1. The number of hydrogen-bond donors (Lipinski definition) is 1. The van der Waals surface area contributed by atoms with Gasteiger partial charge in [0.05, 0.1) is 5.60 Å². The van der Waals surface area contributed by atoms with Crippen LogP contribution in [0.15, 0.2) is 0 Å². The molecule has 0 unspecified atom stereocenters. The van der Waals surface area contributed by atoms with Crippen molar-refractivity contribution in [2.24, 2.45) is 34.5 Å². The summed E-state index contributed by atoms with van der Waals surface area (Å²) in [5.74, 6) is 3.92. The van der Waals surface area contributed by atoms with Crippen LogP contribution in [0.2, 0.25) is 0 Å². The van der Waals surface area contributed by atoms with E-state index in [-0.39, 0.29) is 11.3 Å². The molecule has 5 fully saturated rings. The van der Waals surface area contributed by atoms with Crippen molar-refractivity contribution in [1.29, 1.82) is 0 Å². The zero-order valence-electron chi connectivity index (χ0n) is 17.0. The Morgan fingerprint density at radius 3 is 2.36 bits per heavy atom. The van der Waals surface area contributed by atoms with Crippen molar-refractivity contribution < 1.29 is 4.74 Å². The predicted molar refractivity (Wildman–Crippen MR) is 102 cm³/mol. The molecule has 1 spiro atoms. The molecule has 0 aromatic carbocycles. The van der Waals surface area contributed by atoms with E-state index in [1.165, 1.54) is 64.2 Å². The van der Waals surface area contributed by atoms with Gasteiger partial charge >= 0.3 is 0 Å². The summed E-state index contributed by atoms with van der Waals surface area (Å²) in [5.41, 5.74) is 1.03. The molecule has 0 aromatic rings. The predicted octanol–water partition coefficient (Wildman–Crippen LogP) is 5.51. The maximum absolute atomic E-state index is 6.77. The van der Waals surface area contributed by atoms with Gasteiger partial charge in [-0.1, -0.05) is 26.7 Å². The number of fused-ring (bicyclic) bond motifs is 6. The van der Waals surface area contributed by atoms with E-state index in [1.54, 1.807) is 0 Å². The second-order valence-electron chi connectivity index (χ2n) is 11.4. The van der Waals surface area contributed by atoms with Gasteiger partial charge in [-0.3, -0.25) is 5.32 Å². The minimum Gasteiger partial charge on any atom is -0.353 e. The van der Waals surface area contributed by atoms with E-state index < -0.39 is 0 Å². The van der Waals surface area contributed by atoms with Gasteiger partial charge in [0.25, 0.3) is 0 Å². The standard InChI is InChI=1S/C23H39NO/c1-20(2)24-15-23(25-20)14-11-19-17-9-8-16-7-5-6-12-21(16,3)18(17)10-13-22(19,23)4/h16-19,24H,5-15H2,1-4H3/t16-,17+,18+,19+,21-,22-,23+/m0/s1. The van der Waals surface area contributed by atoms with Crippen LogP contribution in [0.4, 0.5) is 0 Å². The minimum absolute atomic E-state index is 0.108. The van der Waals surface area contributed by atoms with Crippen LogP contribution in [0.1, 0.15) is 91.9 Å². The Balaban J connectivity index is 1.46. The van der Waals surface area contributed by atoms with Crippen LogP contribution < -0.4 is 5.32 Å². The maximum Gasteiger partial charge on any atom is 0.114 e. The van der Waals surface area contributed by atoms with Gasteiger partial charge in [0.15, 0.2) is 0 Å². The molecule has 7 atom stereocenters. The highest BCUT2D eigenvalue weighted by Gasteiger charge is 2.67. The van der Waals surface area contributed by atoms with Crippen LogP contribution in [0.25, 0.3) is 0 Å². The largest absolute Gasteiger partial charge is 0.353 e. The van der Waals surface area contributed by atoms with Crippen LogP contribution in [-0.4, -0.2) is 17.9 Å². The minimum atomic E-state index is -0.137. The van der Waals surface area contributed by atoms with Gasteiger partial charge in [-0.15, -0.1) is 0 Å². The van der Waals surface area contributed by atoms with E-state index >= 15 is 0 Å². The lowest BCUT2D eigenvalue weighted by molar-refractivity contribution is -0.180. The Hall–Kier alpha value is -0.0800. The van der Waals surface area contributed by atoms with Crippen LogP contribution in [0.3, 0.4) is 0 Å². The average molecular weight is 346 g/mol. The SMILES string of the molecule is CC1(C)NC[C@@]2(CC[C@@H]3[C@@H]4CC[C@@H]5CCCC[C@]5(C)[C@@H]4CC[C@@]32C)O1. The topological polar surface area (TPSA) is 21.3 Å². The lowest BCUT2D eigenvalue weighted by atomic mass is 9.44. The molecule has 4 saturated carbocycles. The highest BCUT2D eigenvalue weighted by molar-refractivity contribution is 5.17. The zero-order chi connectivity index (χ0) is 17.5. The monoisotopic (exact) mass is 345 g/mol. The molecular formula is C23H39NO. The summed E-state index contributed by atoms with van der Waals surface area (Å²) in [4.78, 5) is 0. The van der Waals surface area contributed by atoms with Crippen LogP contribution in [-0.2, 0) is 4.74 Å². The lowest BCUT2D eigenvalue weighted by Crippen LogP contribution is -2.57. The summed E-state index contributed by atoms with van der Waals surface area (Å²) in [6.07, 6.45) is 14.6. The average Bonchev–Trinajstić information content (AvgIpc) is 3.04. The van der Waals surface area contributed by atoms with Gasteiger partial charge in [0, 0.05) is 12.0 Å². The summed E-state index contributed by atoms with van der Waals surface area (Å²) in [5, 5.41) is 3.69. The molecule has 0 radical (unpaired) electrons. The smallest absolute Gasteiger partial charge is 0.114 e. The molecule has 25 heavy (non-hydrogen) atoms. The first-order chi connectivity index (χ1) is 11.8. The van der Waals surface area contributed by atoms with Crippen molar-refractivity contribution in [3.05, 3.63) is 0 Å². The van der Waals surface area contributed by atoms with Crippen molar-refractivity contribution in [1.82, 2.24) is 5.32 Å². The Bertz CT molecular complexity index is 558. The Labute approximate surface area is 154 Å². The third kappa shape index (κ3) is 2.16. The first-order valence-electron chi connectivity index (χ1n) is 11.2. The van der Waals surface area contributed by atoms with Gasteiger partial charge in [0.2, 0.25) is 0 Å². The van der Waals surface area contributed by atoms with E-state index in [4.69, 9.17) is 4.74 Å². The molecule has 1 aliphatic heterocycles. The molecule has 0 aromatic heterocycles. The van der Waals surface area contributed by atoms with Gasteiger partial charge in [0.1, 0.15) is 5.72 Å². The van der Waals surface area contributed by atoms with Crippen molar-refractivity contribution >= 4 is 0 Å². The van der Waals surface area contributed by atoms with Crippen LogP contribution >= 0.6 is 0 Å². The first kappa shape index (κ1) is 17.0. The Morgan fingerprint density at radius 1 is 0.800 bits per heavy atom. The molecule has 1 saturated heterocycles. The third-order valence-corrected chi connectivity index (χ3v) is 10.1. The fraction of sp³-hybridized carbons (Fsp3) is 1.00. The van der Waals surface area contributed by atoms with E-state index in [2.05, 4.69) is 33.0 Å². The molecule has 2 heteroatoms. The second kappa shape index (κ2) is 5.25. The molecular weight excluding hydrogens is 306 g/mol. The highest BCUT2D eigenvalue weighted by Crippen LogP contribution is 2.69. The molecule has 4 aliphatic carbocycles.